The van der Waals surface area contributed by atoms with Crippen molar-refractivity contribution in [3.8, 4) is 151 Å². The molecule has 0 amide bonds. The summed E-state index contributed by atoms with van der Waals surface area (Å²) in [5, 5.41) is 2.19. The van der Waals surface area contributed by atoms with Crippen LogP contribution < -0.4 is 9.30 Å². The van der Waals surface area contributed by atoms with E-state index in [0.29, 0.717) is 11.5 Å². The zero-order valence-corrected chi connectivity index (χ0v) is 57.4. The molecule has 0 unspecified atom stereocenters. The summed E-state index contributed by atoms with van der Waals surface area (Å²) < 4.78 is 13.6. The molecule has 3 heterocycles. The molecule has 100 heavy (non-hydrogen) atoms. The van der Waals surface area contributed by atoms with Crippen LogP contribution in [-0.4, -0.2) is 14.1 Å². The van der Waals surface area contributed by atoms with E-state index >= 15 is 0 Å². The van der Waals surface area contributed by atoms with Gasteiger partial charge < -0.3 is 13.9 Å². The Morgan fingerprint density at radius 3 is 1.32 bits per heavy atom. The third kappa shape index (κ3) is 10.0. The molecule has 17 aromatic rings. The molecule has 0 fully saturated rings. The number of pyridine rings is 1. The molecule has 0 radical (unpaired) electrons. The number of benzene rings is 14. The molecule has 476 valence electrons. The summed E-state index contributed by atoms with van der Waals surface area (Å²) in [6, 6.07) is 122. The van der Waals surface area contributed by atoms with Gasteiger partial charge in [-0.05, 0) is 181 Å². The number of imidazole rings is 1. The Bertz CT molecular complexity index is 5930. The van der Waals surface area contributed by atoms with Crippen molar-refractivity contribution in [3.05, 3.63) is 346 Å². The zero-order valence-electron chi connectivity index (χ0n) is 55.1. The summed E-state index contributed by atoms with van der Waals surface area (Å²) in [6.45, 7) is 6.70. The Kier molecular flexibility index (Phi) is 14.6. The minimum atomic E-state index is -0.0693. The number of rotatable bonds is 8. The smallest absolute Gasteiger partial charge is 0.268 e. The third-order valence-electron chi connectivity index (χ3n) is 20.2. The number of para-hydroxylation sites is 2. The maximum Gasteiger partial charge on any atom is 0.268 e. The molecule has 19 rings (SSSR count). The monoisotopic (exact) mass is 1460 g/mol. The van der Waals surface area contributed by atoms with Crippen molar-refractivity contribution in [1.82, 2.24) is 14.1 Å². The van der Waals surface area contributed by atoms with Crippen LogP contribution in [0.1, 0.15) is 26.3 Å². The molecule has 0 saturated carbocycles. The van der Waals surface area contributed by atoms with Gasteiger partial charge >= 0.3 is 0 Å². The summed E-state index contributed by atoms with van der Waals surface area (Å²) in [6.07, 6.45) is 5.97. The molecule has 0 aliphatic heterocycles. The average Bonchev–Trinajstić information content (AvgIpc) is 1.46. The predicted molar refractivity (Wildman–Crippen MR) is 406 cm³/mol. The van der Waals surface area contributed by atoms with Gasteiger partial charge in [0, 0.05) is 44.3 Å². The van der Waals surface area contributed by atoms with Crippen LogP contribution in [0.3, 0.4) is 0 Å². The van der Waals surface area contributed by atoms with Gasteiger partial charge in [-0.1, -0.05) is 275 Å². The minimum Gasteiger partial charge on any atom is -0.510 e. The first-order chi connectivity index (χ1) is 48.7. The van der Waals surface area contributed by atoms with E-state index in [0.717, 1.165) is 94.5 Å². The summed E-state index contributed by atoms with van der Waals surface area (Å²) in [7, 11) is 0. The largest absolute Gasteiger partial charge is 0.510 e. The maximum absolute atomic E-state index is 6.93. The Balaban J connectivity index is 0.00000720. The molecule has 14 aromatic carbocycles. The van der Waals surface area contributed by atoms with Gasteiger partial charge in [0.05, 0.1) is 16.7 Å². The molecule has 0 saturated heterocycles. The van der Waals surface area contributed by atoms with E-state index in [1.807, 2.05) is 24.4 Å². The van der Waals surface area contributed by atoms with Crippen LogP contribution in [0.5, 0.6) is 11.5 Å². The van der Waals surface area contributed by atoms with Crippen molar-refractivity contribution in [3.63, 3.8) is 0 Å². The normalized spacial score (nSPS) is 11.9. The third-order valence-corrected chi connectivity index (χ3v) is 20.2. The van der Waals surface area contributed by atoms with Crippen LogP contribution in [0.15, 0.2) is 322 Å². The van der Waals surface area contributed by atoms with Gasteiger partial charge in [-0.25, -0.2) is 4.98 Å². The van der Waals surface area contributed by atoms with Crippen molar-refractivity contribution in [2.24, 2.45) is 0 Å². The molecule has 2 aliphatic carbocycles. The number of fused-ring (bicyclic) bond motifs is 20. The molecule has 5 nitrogen and oxygen atoms in total. The van der Waals surface area contributed by atoms with Crippen LogP contribution >= 0.6 is 0 Å². The number of aromatic nitrogens is 4. The predicted octanol–water partition coefficient (Wildman–Crippen LogP) is 23.9. The number of nitrogens with zero attached hydrogens (tertiary/aromatic N) is 4. The molecule has 0 atom stereocenters. The molecule has 0 bridgehead atoms. The van der Waals surface area contributed by atoms with Crippen molar-refractivity contribution >= 4 is 32.8 Å². The van der Waals surface area contributed by atoms with E-state index in [4.69, 9.17) is 9.72 Å². The SMILES string of the molecule is CC(C)(C)c1ccnc(-n2c3[c-]c(Oc4[c-]c(-n5[c-][n+](-c6c(-c7ccc8c(c7)-c7ccccc7-c7ccccc7-c7ccccc7-8)cccc6-c6ccc7c(c6)-c6ccccc6-c6ccccc6-c6ccccc6-7)c6cc(-c7ccccc7)ccc65)ccc4)ccc3c3ccccc32)c1.[Pt]. The number of hydrogen-bond donors (Lipinski definition) is 0. The standard InChI is InChI=1S/C94H62N4O.Pt/c1-94(2,3)64-51-52-95-92(56-64)98-88-42-20-19-39-84(88)85-49-46-67(58-90(85)98)99-66-26-21-25-65(57-66)96-59-97(91-55-61(45-50-89(91)96)60-23-5-4-6-24-60)93-68(62-43-47-82-78-35-13-11-31-74(78)70-27-7-9-29-72(70)76-33-15-17-37-80(76)86(82)53-62)40-22-41-69(93)63-44-48-83-79-36-14-12-32-75(79)71-28-8-10-30-73(71)77-34-16-18-38-81(77)87(83)54-63;/h4-56H,1-3H3;/q-2;. The fourth-order valence-corrected chi connectivity index (χ4v) is 15.5. The van der Waals surface area contributed by atoms with Crippen LogP contribution in [0, 0.1) is 18.5 Å². The number of ether oxygens (including phenoxy) is 1. The Morgan fingerprint density at radius 2 is 0.790 bits per heavy atom. The van der Waals surface area contributed by atoms with Crippen LogP contribution in [0.2, 0.25) is 0 Å². The minimum absolute atomic E-state index is 0. The van der Waals surface area contributed by atoms with Crippen molar-refractivity contribution < 1.29 is 30.4 Å². The average molecular weight is 1460 g/mol. The second-order valence-corrected chi connectivity index (χ2v) is 26.9. The summed E-state index contributed by atoms with van der Waals surface area (Å²) in [4.78, 5) is 4.95. The fraction of sp³-hybridized carbons (Fsp3) is 0.0426. The van der Waals surface area contributed by atoms with E-state index in [9.17, 15) is 0 Å². The van der Waals surface area contributed by atoms with Gasteiger partial charge in [-0.3, -0.25) is 4.57 Å². The van der Waals surface area contributed by atoms with E-state index in [2.05, 4.69) is 350 Å². The van der Waals surface area contributed by atoms with Crippen molar-refractivity contribution in [1.29, 1.82) is 0 Å². The fourth-order valence-electron chi connectivity index (χ4n) is 15.5. The van der Waals surface area contributed by atoms with Gasteiger partial charge in [0.2, 0.25) is 0 Å². The van der Waals surface area contributed by atoms with Crippen LogP contribution in [0.4, 0.5) is 0 Å². The summed E-state index contributed by atoms with van der Waals surface area (Å²) >= 11 is 0. The molecule has 0 N–H and O–H groups in total. The Hall–Kier alpha value is -12.0. The first-order valence-corrected chi connectivity index (χ1v) is 33.9. The van der Waals surface area contributed by atoms with Gasteiger partial charge in [-0.15, -0.1) is 29.7 Å². The van der Waals surface area contributed by atoms with Gasteiger partial charge in [0.25, 0.3) is 6.33 Å². The molecular formula is C94H62N4OPt-2. The first kappa shape index (κ1) is 60.4. The Labute approximate surface area is 596 Å². The van der Waals surface area contributed by atoms with Crippen molar-refractivity contribution in [2.75, 3.05) is 0 Å². The van der Waals surface area contributed by atoms with E-state index in [1.165, 1.54) is 83.5 Å². The van der Waals surface area contributed by atoms with Gasteiger partial charge in [-0.2, -0.15) is 18.2 Å². The Morgan fingerprint density at radius 1 is 0.340 bits per heavy atom. The second kappa shape index (κ2) is 24.2. The van der Waals surface area contributed by atoms with Crippen molar-refractivity contribution in [2.45, 2.75) is 26.2 Å². The number of hydrogen-bond acceptors (Lipinski definition) is 2. The van der Waals surface area contributed by atoms with E-state index in [-0.39, 0.29) is 26.5 Å². The topological polar surface area (TPSA) is 35.9 Å². The quantitative estimate of drug-likeness (QED) is 0.112. The maximum atomic E-state index is 6.93. The molecule has 2 aliphatic rings. The first-order valence-electron chi connectivity index (χ1n) is 33.9. The molecule has 0 spiro atoms. The van der Waals surface area contributed by atoms with Crippen LogP contribution in [-0.2, 0) is 26.5 Å². The van der Waals surface area contributed by atoms with E-state index in [1.54, 1.807) is 0 Å². The van der Waals surface area contributed by atoms with E-state index < -0.39 is 0 Å². The van der Waals surface area contributed by atoms with Crippen LogP contribution in [0.25, 0.3) is 172 Å². The summed E-state index contributed by atoms with van der Waals surface area (Å²) in [5.74, 6) is 1.93. The van der Waals surface area contributed by atoms with Gasteiger partial charge in [0.1, 0.15) is 5.82 Å². The molecule has 6 heteroatoms. The second-order valence-electron chi connectivity index (χ2n) is 26.9. The zero-order chi connectivity index (χ0) is 65.9. The molecule has 3 aromatic heterocycles. The summed E-state index contributed by atoms with van der Waals surface area (Å²) in [5.41, 5.74) is 32.3. The molecular weight excluding hydrogens is 1400 g/mol. The van der Waals surface area contributed by atoms with Gasteiger partial charge in [0.15, 0.2) is 0 Å².